The van der Waals surface area contributed by atoms with Gasteiger partial charge in [0, 0.05) is 56.5 Å². The summed E-state index contributed by atoms with van der Waals surface area (Å²) in [6.07, 6.45) is 0. The third-order valence-electron chi connectivity index (χ3n) is 6.53. The van der Waals surface area contributed by atoms with Gasteiger partial charge in [-0.2, -0.15) is 0 Å². The number of piperazine rings is 1. The zero-order valence-electron chi connectivity index (χ0n) is 20.4. The van der Waals surface area contributed by atoms with E-state index in [4.69, 9.17) is 4.74 Å². The average molecular weight is 490 g/mol. The van der Waals surface area contributed by atoms with E-state index >= 15 is 0 Å². The molecule has 1 saturated heterocycles. The second kappa shape index (κ2) is 10.5. The van der Waals surface area contributed by atoms with Gasteiger partial charge >= 0.3 is 0 Å². The predicted octanol–water partition coefficient (Wildman–Crippen LogP) is 3.77. The van der Waals surface area contributed by atoms with Gasteiger partial charge in [0.2, 0.25) is 0 Å². The van der Waals surface area contributed by atoms with Crippen LogP contribution >= 0.6 is 11.3 Å². The Kier molecular flexibility index (Phi) is 6.96. The first-order chi connectivity index (χ1) is 17.1. The van der Waals surface area contributed by atoms with Crippen LogP contribution in [0.3, 0.4) is 0 Å². The average Bonchev–Trinajstić information content (AvgIpc) is 3.58. The van der Waals surface area contributed by atoms with Crippen molar-refractivity contribution >= 4 is 22.7 Å². The van der Waals surface area contributed by atoms with E-state index in [0.29, 0.717) is 6.54 Å². The van der Waals surface area contributed by atoms with E-state index in [-0.39, 0.29) is 6.04 Å². The fraction of sp³-hybridized carbons (Fsp3) is 0.346. The number of aromatic nitrogens is 4. The van der Waals surface area contributed by atoms with Crippen LogP contribution in [-0.2, 0) is 6.54 Å². The van der Waals surface area contributed by atoms with Gasteiger partial charge in [-0.1, -0.05) is 18.2 Å². The molecule has 8 nitrogen and oxygen atoms in total. The Hall–Kier alpha value is -3.43. The number of benzene rings is 2. The van der Waals surface area contributed by atoms with Gasteiger partial charge in [-0.05, 0) is 63.8 Å². The van der Waals surface area contributed by atoms with E-state index in [9.17, 15) is 0 Å². The summed E-state index contributed by atoms with van der Waals surface area (Å²) in [5.41, 5.74) is 3.60. The minimum absolute atomic E-state index is 0.0146. The molecule has 0 spiro atoms. The first kappa shape index (κ1) is 23.3. The van der Waals surface area contributed by atoms with Crippen LogP contribution in [-0.4, -0.2) is 72.5 Å². The van der Waals surface area contributed by atoms with Gasteiger partial charge in [-0.25, -0.2) is 4.68 Å². The third kappa shape index (κ3) is 5.16. The van der Waals surface area contributed by atoms with Gasteiger partial charge < -0.3 is 14.5 Å². The van der Waals surface area contributed by atoms with Crippen LogP contribution in [0.15, 0.2) is 66.0 Å². The summed E-state index contributed by atoms with van der Waals surface area (Å²) in [7, 11) is 5.82. The van der Waals surface area contributed by atoms with Crippen LogP contribution in [0.5, 0.6) is 5.75 Å². The summed E-state index contributed by atoms with van der Waals surface area (Å²) in [5, 5.41) is 15.1. The van der Waals surface area contributed by atoms with Crippen LogP contribution in [0.2, 0.25) is 0 Å². The second-order valence-electron chi connectivity index (χ2n) is 8.88. The Morgan fingerprint density at radius 3 is 2.34 bits per heavy atom. The summed E-state index contributed by atoms with van der Waals surface area (Å²) in [6, 6.07) is 21.3. The van der Waals surface area contributed by atoms with Crippen molar-refractivity contribution in [3.63, 3.8) is 0 Å². The number of methoxy groups -OCH3 is 1. The lowest BCUT2D eigenvalue weighted by molar-refractivity contribution is 0.201. The highest BCUT2D eigenvalue weighted by Gasteiger charge is 2.31. The zero-order valence-corrected chi connectivity index (χ0v) is 21.2. The molecule has 1 aliphatic rings. The van der Waals surface area contributed by atoms with Gasteiger partial charge in [-0.15, -0.1) is 16.4 Å². The van der Waals surface area contributed by atoms with E-state index in [1.54, 1.807) is 18.4 Å². The number of rotatable bonds is 8. The molecule has 5 rings (SSSR count). The van der Waals surface area contributed by atoms with Gasteiger partial charge in [0.15, 0.2) is 5.82 Å². The summed E-state index contributed by atoms with van der Waals surface area (Å²) in [5.74, 6) is 1.76. The molecule has 0 bridgehead atoms. The normalized spacial score (nSPS) is 15.2. The Morgan fingerprint density at radius 1 is 0.971 bits per heavy atom. The number of nitrogens with zero attached hydrogens (tertiary/aromatic N) is 7. The molecule has 0 radical (unpaired) electrons. The second-order valence-corrected chi connectivity index (χ2v) is 9.92. The van der Waals surface area contributed by atoms with Crippen molar-refractivity contribution in [3.05, 3.63) is 82.3 Å². The molecule has 1 aliphatic heterocycles. The van der Waals surface area contributed by atoms with Crippen molar-refractivity contribution in [2.24, 2.45) is 0 Å². The van der Waals surface area contributed by atoms with Crippen LogP contribution < -0.4 is 14.5 Å². The highest BCUT2D eigenvalue weighted by atomic mass is 32.1. The fourth-order valence-corrected chi connectivity index (χ4v) is 5.27. The highest BCUT2D eigenvalue weighted by molar-refractivity contribution is 7.09. The van der Waals surface area contributed by atoms with Gasteiger partial charge in [-0.3, -0.25) is 4.90 Å². The van der Waals surface area contributed by atoms with Crippen molar-refractivity contribution in [3.8, 4) is 5.75 Å². The van der Waals surface area contributed by atoms with Crippen molar-refractivity contribution in [2.45, 2.75) is 12.6 Å². The molecule has 1 fully saturated rings. The smallest absolute Gasteiger partial charge is 0.173 e. The molecule has 2 aromatic carbocycles. The van der Waals surface area contributed by atoms with E-state index in [1.165, 1.54) is 21.8 Å². The monoisotopic (exact) mass is 489 g/mol. The molecule has 9 heteroatoms. The van der Waals surface area contributed by atoms with Crippen LogP contribution in [0, 0.1) is 0 Å². The Labute approximate surface area is 210 Å². The third-order valence-corrected chi connectivity index (χ3v) is 7.39. The molecule has 0 saturated carbocycles. The first-order valence-corrected chi connectivity index (χ1v) is 12.7. The topological polar surface area (TPSA) is 62.6 Å². The standard InChI is InChI=1S/C26H31N7OS/c1-30(2)21-8-6-20(7-9-21)25(26-27-28-29-33(26)19-24-5-4-18-35-24)32-16-14-31(15-17-32)22-10-12-23(34-3)13-11-22/h4-13,18,25H,14-17,19H2,1-3H3. The minimum atomic E-state index is -0.0146. The molecule has 1 unspecified atom stereocenters. The summed E-state index contributed by atoms with van der Waals surface area (Å²) in [6.45, 7) is 4.38. The number of anilines is 2. The van der Waals surface area contributed by atoms with E-state index < -0.39 is 0 Å². The zero-order chi connectivity index (χ0) is 24.2. The lowest BCUT2D eigenvalue weighted by Crippen LogP contribution is -2.48. The molecule has 0 amide bonds. The van der Waals surface area contributed by atoms with Crippen molar-refractivity contribution in [1.82, 2.24) is 25.1 Å². The Balaban J connectivity index is 1.40. The Bertz CT molecular complexity index is 1200. The molecule has 3 heterocycles. The van der Waals surface area contributed by atoms with Crippen molar-refractivity contribution in [2.75, 3.05) is 57.2 Å². The maximum absolute atomic E-state index is 5.32. The predicted molar refractivity (Wildman–Crippen MR) is 141 cm³/mol. The van der Waals surface area contributed by atoms with E-state index in [2.05, 4.69) is 98.2 Å². The summed E-state index contributed by atoms with van der Waals surface area (Å²) < 4.78 is 7.27. The van der Waals surface area contributed by atoms with Crippen LogP contribution in [0.25, 0.3) is 0 Å². The van der Waals surface area contributed by atoms with E-state index in [1.807, 2.05) is 16.8 Å². The van der Waals surface area contributed by atoms with E-state index in [0.717, 1.165) is 37.8 Å². The largest absolute Gasteiger partial charge is 0.497 e. The lowest BCUT2D eigenvalue weighted by atomic mass is 10.0. The summed E-state index contributed by atoms with van der Waals surface area (Å²) >= 11 is 1.73. The first-order valence-electron chi connectivity index (χ1n) is 11.8. The fourth-order valence-electron chi connectivity index (χ4n) is 4.58. The molecule has 4 aromatic rings. The number of thiophene rings is 1. The quantitative estimate of drug-likeness (QED) is 0.373. The van der Waals surface area contributed by atoms with Gasteiger partial charge in [0.05, 0.1) is 19.7 Å². The molecule has 182 valence electrons. The molecule has 1 atom stereocenters. The molecule has 0 N–H and O–H groups in total. The molecule has 2 aromatic heterocycles. The minimum Gasteiger partial charge on any atom is -0.497 e. The molecule has 35 heavy (non-hydrogen) atoms. The maximum Gasteiger partial charge on any atom is 0.173 e. The number of tetrazole rings is 1. The molecule has 0 aliphatic carbocycles. The number of hydrogen-bond acceptors (Lipinski definition) is 8. The van der Waals surface area contributed by atoms with Gasteiger partial charge in [0.25, 0.3) is 0 Å². The number of hydrogen-bond donors (Lipinski definition) is 0. The molecular formula is C26H31N7OS. The van der Waals surface area contributed by atoms with Crippen LogP contribution in [0.1, 0.15) is 22.3 Å². The van der Waals surface area contributed by atoms with Crippen LogP contribution in [0.4, 0.5) is 11.4 Å². The lowest BCUT2D eigenvalue weighted by Gasteiger charge is -2.40. The number of ether oxygens (including phenoxy) is 1. The Morgan fingerprint density at radius 2 is 1.71 bits per heavy atom. The summed E-state index contributed by atoms with van der Waals surface area (Å²) in [4.78, 5) is 8.29. The SMILES string of the molecule is COc1ccc(N2CCN(C(c3ccc(N(C)C)cc3)c3nnnn3Cc3cccs3)CC2)cc1. The van der Waals surface area contributed by atoms with Gasteiger partial charge in [0.1, 0.15) is 5.75 Å². The highest BCUT2D eigenvalue weighted by Crippen LogP contribution is 2.31. The van der Waals surface area contributed by atoms with Crippen molar-refractivity contribution in [1.29, 1.82) is 0 Å². The van der Waals surface area contributed by atoms with Crippen molar-refractivity contribution < 1.29 is 4.74 Å². The molecular weight excluding hydrogens is 458 g/mol. The maximum atomic E-state index is 5.32.